The van der Waals surface area contributed by atoms with Gasteiger partial charge in [-0.05, 0) is 12.1 Å². The monoisotopic (exact) mass is 308 g/mol. The van der Waals surface area contributed by atoms with E-state index in [2.05, 4.69) is 4.98 Å². The maximum atomic E-state index is 10.8. The zero-order valence-electron chi connectivity index (χ0n) is 9.84. The molecular weight excluding hydrogens is 303 g/mol. The Labute approximate surface area is 122 Å². The predicted octanol–water partition coefficient (Wildman–Crippen LogP) is 4.71. The van der Waals surface area contributed by atoms with Crippen molar-refractivity contribution < 1.29 is 9.34 Å². The molecule has 0 atom stereocenters. The van der Waals surface area contributed by atoms with Gasteiger partial charge in [0.15, 0.2) is 11.3 Å². The molecule has 0 saturated carbocycles. The first-order valence-electron chi connectivity index (χ1n) is 5.55. The predicted molar refractivity (Wildman–Crippen MR) is 76.1 cm³/mol. The summed E-state index contributed by atoms with van der Waals surface area (Å²) >= 11 is 11.8. The zero-order valence-corrected chi connectivity index (χ0v) is 11.4. The Morgan fingerprint density at radius 3 is 2.70 bits per heavy atom. The molecule has 5 nitrogen and oxygen atoms in total. The fourth-order valence-electron chi connectivity index (χ4n) is 1.87. The third-order valence-corrected chi connectivity index (χ3v) is 3.23. The van der Waals surface area contributed by atoms with Crippen LogP contribution in [0.4, 0.5) is 5.69 Å². The van der Waals surface area contributed by atoms with E-state index in [4.69, 9.17) is 27.6 Å². The first kappa shape index (κ1) is 12.9. The molecule has 1 aromatic carbocycles. The maximum absolute atomic E-state index is 10.8. The number of furan rings is 1. The van der Waals surface area contributed by atoms with E-state index in [-0.39, 0.29) is 16.5 Å². The summed E-state index contributed by atoms with van der Waals surface area (Å²) in [5.41, 5.74) is 0.650. The molecule has 2 heterocycles. The summed E-state index contributed by atoms with van der Waals surface area (Å²) in [6, 6.07) is 9.51. The van der Waals surface area contributed by atoms with Crippen LogP contribution in [0.25, 0.3) is 22.4 Å². The highest BCUT2D eigenvalue weighted by atomic mass is 35.5. The van der Waals surface area contributed by atoms with E-state index in [0.29, 0.717) is 16.4 Å². The lowest BCUT2D eigenvalue weighted by molar-refractivity contribution is -0.384. The number of hydrogen-bond donors (Lipinski definition) is 0. The van der Waals surface area contributed by atoms with Crippen molar-refractivity contribution in [2.45, 2.75) is 0 Å². The van der Waals surface area contributed by atoms with Crippen molar-refractivity contribution in [3.05, 3.63) is 56.7 Å². The molecule has 0 radical (unpaired) electrons. The number of nitrogens with zero attached hydrogens (tertiary/aromatic N) is 2. The number of fused-ring (bicyclic) bond motifs is 1. The van der Waals surface area contributed by atoms with Crippen LogP contribution < -0.4 is 0 Å². The molecule has 2 aromatic heterocycles. The minimum absolute atomic E-state index is 0.0285. The maximum Gasteiger partial charge on any atom is 0.274 e. The van der Waals surface area contributed by atoms with Crippen LogP contribution in [0.3, 0.4) is 0 Å². The molecule has 0 N–H and O–H groups in total. The van der Waals surface area contributed by atoms with Crippen molar-refractivity contribution in [1.29, 1.82) is 0 Å². The lowest BCUT2D eigenvalue weighted by atomic mass is 10.2. The van der Waals surface area contributed by atoms with Gasteiger partial charge >= 0.3 is 0 Å². The fourth-order valence-corrected chi connectivity index (χ4v) is 2.29. The Morgan fingerprint density at radius 1 is 1.20 bits per heavy atom. The van der Waals surface area contributed by atoms with Crippen molar-refractivity contribution in [2.24, 2.45) is 0 Å². The lowest BCUT2D eigenvalue weighted by Crippen LogP contribution is -1.91. The molecule has 0 aliphatic heterocycles. The van der Waals surface area contributed by atoms with Gasteiger partial charge < -0.3 is 4.42 Å². The van der Waals surface area contributed by atoms with Crippen molar-refractivity contribution >= 4 is 39.9 Å². The number of halogens is 2. The van der Waals surface area contributed by atoms with Crippen LogP contribution in [0.15, 0.2) is 40.8 Å². The zero-order chi connectivity index (χ0) is 14.3. The second kappa shape index (κ2) is 4.77. The Kier molecular flexibility index (Phi) is 3.08. The molecule has 7 heteroatoms. The second-order valence-electron chi connectivity index (χ2n) is 4.06. The van der Waals surface area contributed by atoms with E-state index in [0.717, 1.165) is 5.39 Å². The first-order valence-corrected chi connectivity index (χ1v) is 6.30. The van der Waals surface area contributed by atoms with Gasteiger partial charge in [-0.1, -0.05) is 35.3 Å². The quantitative estimate of drug-likeness (QED) is 0.390. The molecule has 0 saturated heterocycles. The normalized spacial score (nSPS) is 10.9. The number of pyridine rings is 1. The smallest absolute Gasteiger partial charge is 0.274 e. The molecule has 3 rings (SSSR count). The minimum atomic E-state index is -0.535. The van der Waals surface area contributed by atoms with Crippen molar-refractivity contribution in [3.8, 4) is 11.5 Å². The minimum Gasteiger partial charge on any atom is -0.453 e. The highest BCUT2D eigenvalue weighted by Gasteiger charge is 2.15. The molecule has 0 bridgehead atoms. The Balaban J connectivity index is 2.20. The van der Waals surface area contributed by atoms with Gasteiger partial charge in [0.25, 0.3) is 5.69 Å². The van der Waals surface area contributed by atoms with Crippen LogP contribution in [-0.2, 0) is 0 Å². The molecule has 0 unspecified atom stereocenters. The number of rotatable bonds is 2. The van der Waals surface area contributed by atoms with E-state index in [9.17, 15) is 10.1 Å². The van der Waals surface area contributed by atoms with E-state index in [1.165, 1.54) is 12.1 Å². The molecule has 100 valence electrons. The standard InChI is InChI=1S/C13H6Cl2N2O3/c14-9-3-1-2-7-4-11(20-13(7)9)10-5-8(17(18)19)6-12(15)16-10/h1-6H. The molecular formula is C13H6Cl2N2O3. The van der Waals surface area contributed by atoms with Crippen molar-refractivity contribution in [3.63, 3.8) is 0 Å². The molecule has 20 heavy (non-hydrogen) atoms. The van der Waals surface area contributed by atoms with Crippen LogP contribution in [0.5, 0.6) is 0 Å². The van der Waals surface area contributed by atoms with Crippen molar-refractivity contribution in [2.75, 3.05) is 0 Å². The lowest BCUT2D eigenvalue weighted by Gasteiger charge is -1.98. The number of nitro groups is 1. The van der Waals surface area contributed by atoms with Crippen LogP contribution in [0.2, 0.25) is 10.2 Å². The van der Waals surface area contributed by atoms with Crippen LogP contribution in [0.1, 0.15) is 0 Å². The summed E-state index contributed by atoms with van der Waals surface area (Å²) in [7, 11) is 0. The van der Waals surface area contributed by atoms with E-state index < -0.39 is 4.92 Å². The van der Waals surface area contributed by atoms with Gasteiger partial charge in [0.05, 0.1) is 16.0 Å². The van der Waals surface area contributed by atoms with Crippen LogP contribution in [-0.4, -0.2) is 9.91 Å². The summed E-state index contributed by atoms with van der Waals surface area (Å²) in [6.07, 6.45) is 0. The number of aromatic nitrogens is 1. The molecule has 0 aliphatic carbocycles. The van der Waals surface area contributed by atoms with Gasteiger partial charge in [-0.25, -0.2) is 4.98 Å². The van der Waals surface area contributed by atoms with Crippen LogP contribution in [0, 0.1) is 10.1 Å². The van der Waals surface area contributed by atoms with Gasteiger partial charge in [0.2, 0.25) is 0 Å². The van der Waals surface area contributed by atoms with Gasteiger partial charge in [-0.3, -0.25) is 10.1 Å². The summed E-state index contributed by atoms with van der Waals surface area (Å²) in [4.78, 5) is 14.3. The van der Waals surface area contributed by atoms with Gasteiger partial charge in [0, 0.05) is 11.5 Å². The third kappa shape index (κ3) is 2.21. The SMILES string of the molecule is O=[N+]([O-])c1cc(Cl)nc(-c2cc3cccc(Cl)c3o2)c1. The van der Waals surface area contributed by atoms with E-state index in [1.807, 2.05) is 6.07 Å². The molecule has 3 aromatic rings. The van der Waals surface area contributed by atoms with Gasteiger partial charge in [-0.2, -0.15) is 0 Å². The van der Waals surface area contributed by atoms with E-state index >= 15 is 0 Å². The molecule has 0 spiro atoms. The highest BCUT2D eigenvalue weighted by Crippen LogP contribution is 2.33. The Hall–Kier alpha value is -2.11. The summed E-state index contributed by atoms with van der Waals surface area (Å²) in [5, 5.41) is 12.1. The largest absolute Gasteiger partial charge is 0.453 e. The number of benzene rings is 1. The molecule has 0 aliphatic rings. The third-order valence-electron chi connectivity index (χ3n) is 2.74. The molecule has 0 amide bonds. The second-order valence-corrected chi connectivity index (χ2v) is 4.85. The number of para-hydroxylation sites is 1. The van der Waals surface area contributed by atoms with Crippen molar-refractivity contribution in [1.82, 2.24) is 4.98 Å². The average molecular weight is 309 g/mol. The number of hydrogen-bond acceptors (Lipinski definition) is 4. The topological polar surface area (TPSA) is 69.2 Å². The fraction of sp³-hybridized carbons (Fsp3) is 0. The Bertz CT molecular complexity index is 830. The first-order chi connectivity index (χ1) is 9.54. The van der Waals surface area contributed by atoms with E-state index in [1.54, 1.807) is 18.2 Å². The summed E-state index contributed by atoms with van der Waals surface area (Å²) < 4.78 is 5.60. The average Bonchev–Trinajstić information content (AvgIpc) is 2.83. The Morgan fingerprint density at radius 2 is 2.00 bits per heavy atom. The van der Waals surface area contributed by atoms with Crippen LogP contribution >= 0.6 is 23.2 Å². The highest BCUT2D eigenvalue weighted by molar-refractivity contribution is 6.34. The molecule has 0 fully saturated rings. The summed E-state index contributed by atoms with van der Waals surface area (Å²) in [6.45, 7) is 0. The van der Waals surface area contributed by atoms with Gasteiger partial charge in [0.1, 0.15) is 10.8 Å². The summed E-state index contributed by atoms with van der Waals surface area (Å²) in [5.74, 6) is 0.374. The van der Waals surface area contributed by atoms with Gasteiger partial charge in [-0.15, -0.1) is 0 Å².